The third kappa shape index (κ3) is 8.64. The maximum atomic E-state index is 14.7. The number of halogens is 1. The van der Waals surface area contributed by atoms with E-state index in [0.717, 1.165) is 15.4 Å². The van der Waals surface area contributed by atoms with Gasteiger partial charge in [0.2, 0.25) is 0 Å². The van der Waals surface area contributed by atoms with Crippen molar-refractivity contribution in [2.45, 2.75) is 64.5 Å². The fourth-order valence-corrected chi connectivity index (χ4v) is 5.04. The van der Waals surface area contributed by atoms with Crippen LogP contribution in [-0.4, -0.2) is 23.2 Å². The van der Waals surface area contributed by atoms with E-state index >= 15 is 0 Å². The highest BCUT2D eigenvalue weighted by Gasteiger charge is 2.20. The number of anilines is 1. The number of hydrogen-bond donors (Lipinski definition) is 3. The lowest BCUT2D eigenvalue weighted by molar-refractivity contribution is 0.125. The molecule has 9 heteroatoms. The van der Waals surface area contributed by atoms with Gasteiger partial charge in [-0.3, -0.25) is 0 Å². The van der Waals surface area contributed by atoms with Crippen LogP contribution in [0.25, 0.3) is 10.4 Å². The first-order chi connectivity index (χ1) is 17.3. The molecule has 0 unspecified atom stereocenters. The number of carbonyl (C=O) groups excluding carboxylic acids is 2. The van der Waals surface area contributed by atoms with E-state index in [2.05, 4.69) is 26.1 Å². The normalized spacial score (nSPS) is 13.4. The summed E-state index contributed by atoms with van der Waals surface area (Å²) in [6.45, 7) is 3.90. The van der Waals surface area contributed by atoms with Gasteiger partial charge in [-0.1, -0.05) is 49.6 Å². The number of nitrogens with two attached hydrogens (primary N) is 1. The summed E-state index contributed by atoms with van der Waals surface area (Å²) < 4.78 is 19.1. The second kappa shape index (κ2) is 13.6. The van der Waals surface area contributed by atoms with Crippen LogP contribution in [0.3, 0.4) is 0 Å². The number of nitrogens with zero attached hydrogens (tertiary/aromatic N) is 1. The van der Waals surface area contributed by atoms with Gasteiger partial charge in [-0.05, 0) is 50.5 Å². The molecule has 0 radical (unpaired) electrons. The number of amides is 3. The van der Waals surface area contributed by atoms with E-state index in [-0.39, 0.29) is 18.0 Å². The molecule has 4 rings (SSSR count). The van der Waals surface area contributed by atoms with Gasteiger partial charge >= 0.3 is 12.1 Å². The predicted molar refractivity (Wildman–Crippen MR) is 141 cm³/mol. The van der Waals surface area contributed by atoms with Gasteiger partial charge in [-0.25, -0.2) is 19.0 Å². The number of nitrogens with one attached hydrogen (secondary N) is 2. The molecule has 1 fully saturated rings. The van der Waals surface area contributed by atoms with Crippen molar-refractivity contribution >= 4 is 29.1 Å². The first kappa shape index (κ1) is 27.1. The number of urea groups is 1. The minimum absolute atomic E-state index is 0.0995. The Labute approximate surface area is 215 Å². The highest BCUT2D eigenvalue weighted by atomic mass is 32.1. The minimum atomic E-state index is -0.713. The Hall–Kier alpha value is -3.46. The van der Waals surface area contributed by atoms with Crippen LogP contribution in [-0.2, 0) is 11.3 Å². The van der Waals surface area contributed by atoms with Gasteiger partial charge in [-0.15, -0.1) is 11.3 Å². The molecule has 36 heavy (non-hydrogen) atoms. The van der Waals surface area contributed by atoms with Crippen molar-refractivity contribution in [2.24, 2.45) is 5.73 Å². The summed E-state index contributed by atoms with van der Waals surface area (Å²) in [7, 11) is 0. The standard InChI is InChI=1S/C23H24FN3OS.C4H9NO2/c24-20-13-18(27-23(28)26-14-16-7-3-1-4-8-16)11-12-19(20)21-15-25-22(29-21)17-9-5-2-6-10-17;1-3(2)7-4(5)6/h1,3-4,7-8,11-13,15,17H,2,5-6,9-10,14H2,(H2,26,27,28);3H,1-2H3,(H2,5,6). The fourth-order valence-electron chi connectivity index (χ4n) is 3.93. The lowest BCUT2D eigenvalue weighted by Gasteiger charge is -2.18. The molecule has 7 nitrogen and oxygen atoms in total. The van der Waals surface area contributed by atoms with E-state index in [1.807, 2.05) is 30.3 Å². The smallest absolute Gasteiger partial charge is 0.404 e. The van der Waals surface area contributed by atoms with Crippen LogP contribution in [0.4, 0.5) is 19.7 Å². The monoisotopic (exact) mass is 512 g/mol. The third-order valence-corrected chi connectivity index (χ3v) is 6.81. The Morgan fingerprint density at radius 1 is 1.14 bits per heavy atom. The summed E-state index contributed by atoms with van der Waals surface area (Å²) in [6.07, 6.45) is 7.12. The largest absolute Gasteiger partial charge is 0.447 e. The van der Waals surface area contributed by atoms with Gasteiger partial charge in [0.15, 0.2) is 0 Å². The highest BCUT2D eigenvalue weighted by Crippen LogP contribution is 2.38. The zero-order chi connectivity index (χ0) is 25.9. The van der Waals surface area contributed by atoms with E-state index in [9.17, 15) is 14.0 Å². The zero-order valence-corrected chi connectivity index (χ0v) is 21.4. The zero-order valence-electron chi connectivity index (χ0n) is 20.6. The average molecular weight is 513 g/mol. The molecule has 1 aliphatic carbocycles. The van der Waals surface area contributed by atoms with Crippen LogP contribution in [0.1, 0.15) is 62.4 Å². The van der Waals surface area contributed by atoms with Gasteiger partial charge < -0.3 is 21.1 Å². The van der Waals surface area contributed by atoms with Gasteiger partial charge in [-0.2, -0.15) is 0 Å². The Kier molecular flexibility index (Phi) is 10.2. The van der Waals surface area contributed by atoms with Crippen LogP contribution in [0.5, 0.6) is 0 Å². The first-order valence-electron chi connectivity index (χ1n) is 12.1. The second-order valence-corrected chi connectivity index (χ2v) is 9.93. The Morgan fingerprint density at radius 2 is 1.86 bits per heavy atom. The predicted octanol–water partition coefficient (Wildman–Crippen LogP) is 6.81. The van der Waals surface area contributed by atoms with E-state index in [1.54, 1.807) is 43.5 Å². The SMILES string of the molecule is CC(C)OC(N)=O.O=C(NCc1ccccc1)Nc1ccc(-c2cnc(C3CCCCC3)s2)c(F)c1. The number of hydrogen-bond acceptors (Lipinski definition) is 5. The van der Waals surface area contributed by atoms with Crippen molar-refractivity contribution in [1.29, 1.82) is 0 Å². The lowest BCUT2D eigenvalue weighted by atomic mass is 9.90. The van der Waals surface area contributed by atoms with Crippen molar-refractivity contribution in [2.75, 3.05) is 5.32 Å². The number of aromatic nitrogens is 1. The Bertz CT molecular complexity index is 1130. The summed E-state index contributed by atoms with van der Waals surface area (Å²) in [5.74, 6) is 0.157. The molecule has 1 aliphatic rings. The summed E-state index contributed by atoms with van der Waals surface area (Å²) in [4.78, 5) is 27.3. The number of ether oxygens (including phenoxy) is 1. The van der Waals surface area contributed by atoms with Crippen LogP contribution in [0, 0.1) is 5.82 Å². The molecule has 1 heterocycles. The van der Waals surface area contributed by atoms with Crippen molar-refractivity contribution in [3.63, 3.8) is 0 Å². The summed E-state index contributed by atoms with van der Waals surface area (Å²) in [5.41, 5.74) is 6.59. The van der Waals surface area contributed by atoms with Gasteiger partial charge in [0, 0.05) is 29.9 Å². The molecular weight excluding hydrogens is 479 g/mol. The topological polar surface area (TPSA) is 106 Å². The molecule has 1 aromatic heterocycles. The van der Waals surface area contributed by atoms with Gasteiger partial charge in [0.25, 0.3) is 0 Å². The maximum Gasteiger partial charge on any atom is 0.404 e. The molecule has 0 saturated heterocycles. The van der Waals surface area contributed by atoms with Crippen molar-refractivity contribution < 1.29 is 18.7 Å². The molecule has 0 spiro atoms. The van der Waals surface area contributed by atoms with E-state index in [0.29, 0.717) is 23.7 Å². The maximum absolute atomic E-state index is 14.7. The van der Waals surface area contributed by atoms with E-state index < -0.39 is 6.09 Å². The molecule has 4 N–H and O–H groups in total. The van der Waals surface area contributed by atoms with E-state index in [1.165, 1.54) is 38.2 Å². The Balaban J connectivity index is 0.000000454. The first-order valence-corrected chi connectivity index (χ1v) is 12.9. The van der Waals surface area contributed by atoms with Gasteiger partial charge in [0.1, 0.15) is 5.82 Å². The van der Waals surface area contributed by atoms with Gasteiger partial charge in [0.05, 0.1) is 16.0 Å². The molecule has 192 valence electrons. The van der Waals surface area contributed by atoms with E-state index in [4.69, 9.17) is 0 Å². The molecule has 3 amide bonds. The molecule has 0 aliphatic heterocycles. The van der Waals surface area contributed by atoms with Crippen molar-refractivity contribution in [1.82, 2.24) is 10.3 Å². The van der Waals surface area contributed by atoms with Crippen LogP contribution in [0.15, 0.2) is 54.7 Å². The summed E-state index contributed by atoms with van der Waals surface area (Å²) in [5, 5.41) is 6.57. The molecule has 3 aromatic rings. The number of primary amides is 1. The minimum Gasteiger partial charge on any atom is -0.447 e. The molecule has 2 aromatic carbocycles. The molecular formula is C27H33FN4O3S. The number of carbonyl (C=O) groups is 2. The molecule has 0 bridgehead atoms. The van der Waals surface area contributed by atoms with Crippen LogP contribution in [0.2, 0.25) is 0 Å². The lowest BCUT2D eigenvalue weighted by Crippen LogP contribution is -2.28. The van der Waals surface area contributed by atoms with Crippen molar-refractivity contribution in [3.05, 3.63) is 71.1 Å². The molecule has 1 saturated carbocycles. The second-order valence-electron chi connectivity index (χ2n) is 8.87. The number of rotatable bonds is 6. The third-order valence-electron chi connectivity index (χ3n) is 5.62. The molecule has 0 atom stereocenters. The average Bonchev–Trinajstić information content (AvgIpc) is 3.34. The number of thiazole rings is 1. The fraction of sp³-hybridized carbons (Fsp3) is 0.370. The van der Waals surface area contributed by atoms with Crippen molar-refractivity contribution in [3.8, 4) is 10.4 Å². The highest BCUT2D eigenvalue weighted by molar-refractivity contribution is 7.15. The van der Waals surface area contributed by atoms with Crippen LogP contribution < -0.4 is 16.4 Å². The quantitative estimate of drug-likeness (QED) is 0.337. The summed E-state index contributed by atoms with van der Waals surface area (Å²) in [6, 6.07) is 14.1. The summed E-state index contributed by atoms with van der Waals surface area (Å²) >= 11 is 1.58. The van der Waals surface area contributed by atoms with Crippen LogP contribution >= 0.6 is 11.3 Å². The Morgan fingerprint density at radius 3 is 2.47 bits per heavy atom. The number of benzene rings is 2.